The number of carbonyl (C=O) groups excluding carboxylic acids is 1. The topological polar surface area (TPSA) is 53.4 Å². The smallest absolute Gasteiger partial charge is 0.246 e. The predicted octanol–water partition coefficient (Wildman–Crippen LogP) is 2.62. The van der Waals surface area contributed by atoms with Crippen LogP contribution in [0.1, 0.15) is 42.8 Å². The maximum atomic E-state index is 12.3. The van der Waals surface area contributed by atoms with Crippen LogP contribution in [0.5, 0.6) is 0 Å². The first-order chi connectivity index (χ1) is 10.1. The lowest BCUT2D eigenvalue weighted by Gasteiger charge is -2.47. The Morgan fingerprint density at radius 3 is 3.14 bits per heavy atom. The number of amides is 1. The van der Waals surface area contributed by atoms with Gasteiger partial charge in [-0.3, -0.25) is 4.79 Å². The number of aromatic nitrogens is 1. The van der Waals surface area contributed by atoms with Gasteiger partial charge in [0.1, 0.15) is 0 Å². The zero-order valence-corrected chi connectivity index (χ0v) is 13.2. The van der Waals surface area contributed by atoms with Crippen LogP contribution in [-0.4, -0.2) is 39.6 Å². The van der Waals surface area contributed by atoms with Gasteiger partial charge in [-0.1, -0.05) is 12.8 Å². The lowest BCUT2D eigenvalue weighted by molar-refractivity contribution is -0.138. The SMILES string of the molecule is Cc1nc(/C=C/C(=O)N2CCC3(O)CCCCC3C2)cs1. The van der Waals surface area contributed by atoms with Gasteiger partial charge in [-0.05, 0) is 32.3 Å². The van der Waals surface area contributed by atoms with Crippen LogP contribution >= 0.6 is 11.3 Å². The van der Waals surface area contributed by atoms with Crippen molar-refractivity contribution in [2.75, 3.05) is 13.1 Å². The summed E-state index contributed by atoms with van der Waals surface area (Å²) in [5, 5.41) is 13.6. The molecule has 0 bridgehead atoms. The fourth-order valence-electron chi connectivity index (χ4n) is 3.49. The van der Waals surface area contributed by atoms with Crippen LogP contribution in [0.25, 0.3) is 6.08 Å². The molecule has 0 spiro atoms. The van der Waals surface area contributed by atoms with Crippen molar-refractivity contribution in [2.45, 2.75) is 44.6 Å². The van der Waals surface area contributed by atoms with Crippen molar-refractivity contribution in [1.29, 1.82) is 0 Å². The summed E-state index contributed by atoms with van der Waals surface area (Å²) in [5.41, 5.74) is 0.321. The molecule has 2 fully saturated rings. The number of aliphatic hydroxyl groups is 1. The molecule has 1 amide bonds. The van der Waals surface area contributed by atoms with E-state index in [0.29, 0.717) is 19.5 Å². The highest BCUT2D eigenvalue weighted by molar-refractivity contribution is 7.09. The molecule has 114 valence electrons. The minimum absolute atomic E-state index is 0.0354. The van der Waals surface area contributed by atoms with E-state index in [1.54, 1.807) is 23.5 Å². The maximum Gasteiger partial charge on any atom is 0.246 e. The lowest BCUT2D eigenvalue weighted by atomic mass is 9.71. The summed E-state index contributed by atoms with van der Waals surface area (Å²) < 4.78 is 0. The van der Waals surface area contributed by atoms with Crippen LogP contribution in [0.3, 0.4) is 0 Å². The van der Waals surface area contributed by atoms with Gasteiger partial charge in [-0.25, -0.2) is 4.98 Å². The molecule has 2 unspecified atom stereocenters. The second-order valence-electron chi connectivity index (χ2n) is 6.21. The van der Waals surface area contributed by atoms with Gasteiger partial charge >= 0.3 is 0 Å². The van der Waals surface area contributed by atoms with Gasteiger partial charge in [0, 0.05) is 30.5 Å². The molecule has 2 aliphatic rings. The number of nitrogens with zero attached hydrogens (tertiary/aromatic N) is 2. The zero-order valence-electron chi connectivity index (χ0n) is 12.4. The van der Waals surface area contributed by atoms with E-state index in [1.165, 1.54) is 6.42 Å². The van der Waals surface area contributed by atoms with Gasteiger partial charge in [0.2, 0.25) is 5.91 Å². The molecule has 1 N–H and O–H groups in total. The van der Waals surface area contributed by atoms with Crippen molar-refractivity contribution in [3.63, 3.8) is 0 Å². The van der Waals surface area contributed by atoms with Crippen LogP contribution in [0.4, 0.5) is 0 Å². The van der Waals surface area contributed by atoms with Crippen LogP contribution in [0, 0.1) is 12.8 Å². The largest absolute Gasteiger partial charge is 0.389 e. The number of fused-ring (bicyclic) bond motifs is 1. The molecule has 1 aliphatic heterocycles. The first kappa shape index (κ1) is 14.7. The lowest BCUT2D eigenvalue weighted by Crippen LogP contribution is -2.54. The highest BCUT2D eigenvalue weighted by Gasteiger charge is 2.43. The average molecular weight is 306 g/mol. The van der Waals surface area contributed by atoms with E-state index in [0.717, 1.165) is 30.0 Å². The number of carbonyl (C=O) groups is 1. The molecule has 1 aromatic heterocycles. The third-order valence-electron chi connectivity index (χ3n) is 4.77. The molecule has 1 aromatic rings. The quantitative estimate of drug-likeness (QED) is 0.855. The van der Waals surface area contributed by atoms with E-state index < -0.39 is 5.60 Å². The molecule has 1 saturated heterocycles. The predicted molar refractivity (Wildman–Crippen MR) is 84.0 cm³/mol. The van der Waals surface area contributed by atoms with E-state index in [4.69, 9.17) is 0 Å². The summed E-state index contributed by atoms with van der Waals surface area (Å²) in [6.07, 6.45) is 8.33. The fourth-order valence-corrected chi connectivity index (χ4v) is 4.07. The Morgan fingerprint density at radius 2 is 2.38 bits per heavy atom. The molecule has 3 rings (SSSR count). The molecule has 5 heteroatoms. The minimum Gasteiger partial charge on any atom is -0.389 e. The second-order valence-corrected chi connectivity index (χ2v) is 7.27. The monoisotopic (exact) mass is 306 g/mol. The maximum absolute atomic E-state index is 12.3. The molecular weight excluding hydrogens is 284 g/mol. The Bertz CT molecular complexity index is 554. The third-order valence-corrected chi connectivity index (χ3v) is 5.56. The van der Waals surface area contributed by atoms with Crippen LogP contribution in [-0.2, 0) is 4.79 Å². The Balaban J connectivity index is 1.62. The number of likely N-dealkylation sites (tertiary alicyclic amines) is 1. The molecule has 1 aliphatic carbocycles. The molecule has 2 heterocycles. The van der Waals surface area contributed by atoms with Gasteiger partial charge in [0.05, 0.1) is 16.3 Å². The zero-order chi connectivity index (χ0) is 14.9. The first-order valence-electron chi connectivity index (χ1n) is 7.68. The molecule has 0 aromatic carbocycles. The van der Waals surface area contributed by atoms with Crippen LogP contribution < -0.4 is 0 Å². The highest BCUT2D eigenvalue weighted by Crippen LogP contribution is 2.39. The molecule has 0 radical (unpaired) electrons. The van der Waals surface area contributed by atoms with Gasteiger partial charge in [0.25, 0.3) is 0 Å². The minimum atomic E-state index is -0.523. The molecular formula is C16H22N2O2S. The van der Waals surface area contributed by atoms with Gasteiger partial charge in [-0.2, -0.15) is 0 Å². The molecule has 1 saturated carbocycles. The number of rotatable bonds is 2. The second kappa shape index (κ2) is 5.89. The Kier molecular flexibility index (Phi) is 4.13. The fraction of sp³-hybridized carbons (Fsp3) is 0.625. The van der Waals surface area contributed by atoms with E-state index in [1.807, 2.05) is 17.2 Å². The van der Waals surface area contributed by atoms with E-state index in [9.17, 15) is 9.90 Å². The van der Waals surface area contributed by atoms with Gasteiger partial charge in [-0.15, -0.1) is 11.3 Å². The summed E-state index contributed by atoms with van der Waals surface area (Å²) in [6.45, 7) is 3.31. The van der Waals surface area contributed by atoms with Crippen molar-refractivity contribution in [3.8, 4) is 0 Å². The number of piperidine rings is 1. The summed E-state index contributed by atoms with van der Waals surface area (Å²) in [6, 6.07) is 0. The van der Waals surface area contributed by atoms with Crippen molar-refractivity contribution in [3.05, 3.63) is 22.2 Å². The van der Waals surface area contributed by atoms with E-state index in [-0.39, 0.29) is 11.8 Å². The number of hydrogen-bond acceptors (Lipinski definition) is 4. The standard InChI is InChI=1S/C16H22N2O2S/c1-12-17-14(11-21-12)5-6-15(19)18-9-8-16(20)7-3-2-4-13(16)10-18/h5-6,11,13,20H,2-4,7-10H2,1H3/b6-5+. The summed E-state index contributed by atoms with van der Waals surface area (Å²) in [4.78, 5) is 18.5. The Morgan fingerprint density at radius 1 is 1.52 bits per heavy atom. The summed E-state index contributed by atoms with van der Waals surface area (Å²) in [5.74, 6) is 0.284. The summed E-state index contributed by atoms with van der Waals surface area (Å²) in [7, 11) is 0. The van der Waals surface area contributed by atoms with E-state index in [2.05, 4.69) is 4.98 Å². The van der Waals surface area contributed by atoms with Crippen molar-refractivity contribution in [2.24, 2.45) is 5.92 Å². The first-order valence-corrected chi connectivity index (χ1v) is 8.56. The van der Waals surface area contributed by atoms with Gasteiger partial charge < -0.3 is 10.0 Å². The molecule has 21 heavy (non-hydrogen) atoms. The van der Waals surface area contributed by atoms with Crippen molar-refractivity contribution >= 4 is 23.3 Å². The molecule has 2 atom stereocenters. The van der Waals surface area contributed by atoms with E-state index >= 15 is 0 Å². The number of thiazole rings is 1. The van der Waals surface area contributed by atoms with Crippen LogP contribution in [0.2, 0.25) is 0 Å². The number of hydrogen-bond donors (Lipinski definition) is 1. The third kappa shape index (κ3) is 3.19. The number of aryl methyl sites for hydroxylation is 1. The summed E-state index contributed by atoms with van der Waals surface area (Å²) >= 11 is 1.59. The van der Waals surface area contributed by atoms with Gasteiger partial charge in [0.15, 0.2) is 0 Å². The Labute approximate surface area is 129 Å². The average Bonchev–Trinajstić information content (AvgIpc) is 2.89. The van der Waals surface area contributed by atoms with Crippen molar-refractivity contribution < 1.29 is 9.90 Å². The highest BCUT2D eigenvalue weighted by atomic mass is 32.1. The Hall–Kier alpha value is -1.20. The van der Waals surface area contributed by atoms with Crippen LogP contribution in [0.15, 0.2) is 11.5 Å². The normalized spacial score (nSPS) is 29.6. The molecule has 4 nitrogen and oxygen atoms in total. The van der Waals surface area contributed by atoms with Crippen molar-refractivity contribution in [1.82, 2.24) is 9.88 Å².